The standard InChI is InChI=1S/C15H14BrNO3/c1-9(2)10-4-3-5-12(6-10)20-14-13(15(18)19)7-11(16)8-17-14/h3-9H,1-2H3,(H,18,19). The molecule has 0 fully saturated rings. The van der Waals surface area contributed by atoms with Gasteiger partial charge in [-0.05, 0) is 45.6 Å². The summed E-state index contributed by atoms with van der Waals surface area (Å²) in [6.07, 6.45) is 1.51. The van der Waals surface area contributed by atoms with E-state index in [0.717, 1.165) is 5.56 Å². The molecule has 0 amide bonds. The second-order valence-electron chi connectivity index (χ2n) is 4.64. The Kier molecular flexibility index (Phi) is 4.39. The summed E-state index contributed by atoms with van der Waals surface area (Å²) in [5.41, 5.74) is 1.14. The minimum Gasteiger partial charge on any atom is -0.477 e. The summed E-state index contributed by atoms with van der Waals surface area (Å²) < 4.78 is 6.20. The van der Waals surface area contributed by atoms with Gasteiger partial charge >= 0.3 is 5.97 Å². The molecular weight excluding hydrogens is 322 g/mol. The number of rotatable bonds is 4. The highest BCUT2D eigenvalue weighted by atomic mass is 79.9. The first kappa shape index (κ1) is 14.5. The Morgan fingerprint density at radius 1 is 1.35 bits per heavy atom. The number of carboxylic acid groups (broad SMARTS) is 1. The number of halogens is 1. The van der Waals surface area contributed by atoms with Crippen molar-refractivity contribution in [1.82, 2.24) is 4.98 Å². The molecule has 0 saturated carbocycles. The first-order valence-corrected chi connectivity index (χ1v) is 6.93. The molecule has 1 aromatic carbocycles. The second kappa shape index (κ2) is 6.05. The molecule has 0 aliphatic rings. The largest absolute Gasteiger partial charge is 0.477 e. The SMILES string of the molecule is CC(C)c1cccc(Oc2ncc(Br)cc2C(=O)O)c1. The van der Waals surface area contributed by atoms with E-state index in [1.165, 1.54) is 12.3 Å². The average molecular weight is 336 g/mol. The number of aromatic carboxylic acids is 1. The molecule has 0 aliphatic heterocycles. The van der Waals surface area contributed by atoms with Crippen LogP contribution in [0.3, 0.4) is 0 Å². The quantitative estimate of drug-likeness (QED) is 0.896. The van der Waals surface area contributed by atoms with Gasteiger partial charge < -0.3 is 9.84 Å². The summed E-state index contributed by atoms with van der Waals surface area (Å²) in [5, 5.41) is 9.17. The molecule has 5 heteroatoms. The predicted octanol–water partition coefficient (Wildman–Crippen LogP) is 4.46. The topological polar surface area (TPSA) is 59.4 Å². The molecule has 0 saturated heterocycles. The van der Waals surface area contributed by atoms with Crippen LogP contribution in [-0.2, 0) is 0 Å². The van der Waals surface area contributed by atoms with Gasteiger partial charge in [0.05, 0.1) is 0 Å². The highest BCUT2D eigenvalue weighted by Gasteiger charge is 2.14. The summed E-state index contributed by atoms with van der Waals surface area (Å²) in [7, 11) is 0. The molecular formula is C15H14BrNO3. The van der Waals surface area contributed by atoms with Gasteiger partial charge in [-0.25, -0.2) is 9.78 Å². The Bertz CT molecular complexity index is 641. The number of nitrogens with zero attached hydrogens (tertiary/aromatic N) is 1. The number of carboxylic acids is 1. The molecule has 2 aromatic rings. The molecule has 0 aliphatic carbocycles. The molecule has 1 heterocycles. The van der Waals surface area contributed by atoms with Crippen LogP contribution in [0.4, 0.5) is 0 Å². The third-order valence-corrected chi connectivity index (χ3v) is 3.22. The first-order chi connectivity index (χ1) is 9.47. The van der Waals surface area contributed by atoms with E-state index in [4.69, 9.17) is 4.74 Å². The van der Waals surface area contributed by atoms with Crippen molar-refractivity contribution in [2.75, 3.05) is 0 Å². The zero-order valence-corrected chi connectivity index (χ0v) is 12.7. The van der Waals surface area contributed by atoms with Gasteiger partial charge in [-0.15, -0.1) is 0 Å². The van der Waals surface area contributed by atoms with Crippen LogP contribution in [0.2, 0.25) is 0 Å². The predicted molar refractivity (Wildman–Crippen MR) is 79.5 cm³/mol. The van der Waals surface area contributed by atoms with Crippen LogP contribution in [0.15, 0.2) is 41.0 Å². The molecule has 0 radical (unpaired) electrons. The molecule has 104 valence electrons. The minimum absolute atomic E-state index is 0.0225. The number of pyridine rings is 1. The lowest BCUT2D eigenvalue weighted by Crippen LogP contribution is -2.02. The minimum atomic E-state index is -1.08. The van der Waals surface area contributed by atoms with Gasteiger partial charge in [-0.2, -0.15) is 0 Å². The molecule has 0 spiro atoms. The van der Waals surface area contributed by atoms with Gasteiger partial charge in [0.2, 0.25) is 5.88 Å². The van der Waals surface area contributed by atoms with Gasteiger partial charge in [0.1, 0.15) is 11.3 Å². The third kappa shape index (κ3) is 3.36. The number of hydrogen-bond acceptors (Lipinski definition) is 3. The molecule has 4 nitrogen and oxygen atoms in total. The Balaban J connectivity index is 2.35. The maximum atomic E-state index is 11.2. The van der Waals surface area contributed by atoms with Crippen LogP contribution in [0.5, 0.6) is 11.6 Å². The van der Waals surface area contributed by atoms with Crippen molar-refractivity contribution in [1.29, 1.82) is 0 Å². The number of aromatic nitrogens is 1. The lowest BCUT2D eigenvalue weighted by atomic mass is 10.0. The Hall–Kier alpha value is -1.88. The molecule has 1 aromatic heterocycles. The van der Waals surface area contributed by atoms with E-state index in [-0.39, 0.29) is 11.4 Å². The zero-order chi connectivity index (χ0) is 14.7. The summed E-state index contributed by atoms with van der Waals surface area (Å²) in [6.45, 7) is 4.17. The number of ether oxygens (including phenoxy) is 1. The van der Waals surface area contributed by atoms with Crippen LogP contribution >= 0.6 is 15.9 Å². The fourth-order valence-electron chi connectivity index (χ4n) is 1.71. The van der Waals surface area contributed by atoms with Crippen molar-refractivity contribution in [3.8, 4) is 11.6 Å². The highest BCUT2D eigenvalue weighted by molar-refractivity contribution is 9.10. The van der Waals surface area contributed by atoms with Crippen LogP contribution in [0, 0.1) is 0 Å². The van der Waals surface area contributed by atoms with Crippen molar-refractivity contribution in [2.24, 2.45) is 0 Å². The number of carbonyl (C=O) groups is 1. The first-order valence-electron chi connectivity index (χ1n) is 6.14. The number of hydrogen-bond donors (Lipinski definition) is 1. The maximum Gasteiger partial charge on any atom is 0.341 e. The lowest BCUT2D eigenvalue weighted by molar-refractivity contribution is 0.0693. The van der Waals surface area contributed by atoms with Gasteiger partial charge in [-0.1, -0.05) is 26.0 Å². The van der Waals surface area contributed by atoms with Gasteiger partial charge in [0.15, 0.2) is 0 Å². The second-order valence-corrected chi connectivity index (χ2v) is 5.56. The molecule has 0 bridgehead atoms. The number of benzene rings is 1. The summed E-state index contributed by atoms with van der Waals surface area (Å²) in [5.74, 6) is -0.0423. The van der Waals surface area contributed by atoms with E-state index >= 15 is 0 Å². The smallest absolute Gasteiger partial charge is 0.341 e. The van der Waals surface area contributed by atoms with E-state index in [0.29, 0.717) is 16.1 Å². The molecule has 1 N–H and O–H groups in total. The fourth-order valence-corrected chi connectivity index (χ4v) is 2.04. The monoisotopic (exact) mass is 335 g/mol. The van der Waals surface area contributed by atoms with Crippen LogP contribution in [0.25, 0.3) is 0 Å². The zero-order valence-electron chi connectivity index (χ0n) is 11.1. The lowest BCUT2D eigenvalue weighted by Gasteiger charge is -2.10. The van der Waals surface area contributed by atoms with E-state index in [1.54, 1.807) is 6.07 Å². The van der Waals surface area contributed by atoms with Gasteiger partial charge in [0, 0.05) is 10.7 Å². The van der Waals surface area contributed by atoms with Crippen molar-refractivity contribution >= 4 is 21.9 Å². The van der Waals surface area contributed by atoms with Crippen molar-refractivity contribution < 1.29 is 14.6 Å². The molecule has 2 rings (SSSR count). The maximum absolute atomic E-state index is 11.2. The molecule has 0 atom stereocenters. The van der Waals surface area contributed by atoms with Crippen molar-refractivity contribution in [3.63, 3.8) is 0 Å². The normalized spacial score (nSPS) is 10.6. The van der Waals surface area contributed by atoms with E-state index < -0.39 is 5.97 Å². The Labute approximate surface area is 125 Å². The van der Waals surface area contributed by atoms with Gasteiger partial charge in [-0.3, -0.25) is 0 Å². The molecule has 20 heavy (non-hydrogen) atoms. The molecule has 0 unspecified atom stereocenters. The van der Waals surface area contributed by atoms with Crippen molar-refractivity contribution in [3.05, 3.63) is 52.1 Å². The van der Waals surface area contributed by atoms with Crippen molar-refractivity contribution in [2.45, 2.75) is 19.8 Å². The van der Waals surface area contributed by atoms with Gasteiger partial charge in [0.25, 0.3) is 0 Å². The highest BCUT2D eigenvalue weighted by Crippen LogP contribution is 2.27. The van der Waals surface area contributed by atoms with Crippen LogP contribution < -0.4 is 4.74 Å². The Morgan fingerprint density at radius 3 is 2.75 bits per heavy atom. The fraction of sp³-hybridized carbons (Fsp3) is 0.200. The average Bonchev–Trinajstić information content (AvgIpc) is 2.41. The van der Waals surface area contributed by atoms with E-state index in [2.05, 4.69) is 34.8 Å². The third-order valence-electron chi connectivity index (χ3n) is 2.79. The Morgan fingerprint density at radius 2 is 2.10 bits per heavy atom. The summed E-state index contributed by atoms with van der Waals surface area (Å²) in [6, 6.07) is 9.02. The van der Waals surface area contributed by atoms with E-state index in [1.807, 2.05) is 18.2 Å². The van der Waals surface area contributed by atoms with E-state index in [9.17, 15) is 9.90 Å². The van der Waals surface area contributed by atoms with Crippen LogP contribution in [-0.4, -0.2) is 16.1 Å². The summed E-state index contributed by atoms with van der Waals surface area (Å²) >= 11 is 3.20. The van der Waals surface area contributed by atoms with Crippen LogP contribution in [0.1, 0.15) is 35.7 Å². The summed E-state index contributed by atoms with van der Waals surface area (Å²) in [4.78, 5) is 15.2.